The van der Waals surface area contributed by atoms with Gasteiger partial charge < -0.3 is 0 Å². The van der Waals surface area contributed by atoms with Crippen LogP contribution >= 0.6 is 21.6 Å². The lowest BCUT2D eigenvalue weighted by Gasteiger charge is -1.93. The second-order valence-electron chi connectivity index (χ2n) is 1.64. The first-order valence-electron chi connectivity index (χ1n) is 2.85. The van der Waals surface area contributed by atoms with E-state index < -0.39 is 0 Å². The van der Waals surface area contributed by atoms with Crippen molar-refractivity contribution in [3.05, 3.63) is 24.0 Å². The van der Waals surface area contributed by atoms with Gasteiger partial charge in [-0.1, -0.05) is 21.6 Å². The first kappa shape index (κ1) is 7.88. The van der Waals surface area contributed by atoms with Gasteiger partial charge in [-0.15, -0.1) is 0 Å². The number of hydrogen-bond acceptors (Lipinski definition) is 4. The summed E-state index contributed by atoms with van der Waals surface area (Å²) in [5.41, 5.74) is 1.04. The van der Waals surface area contributed by atoms with Crippen LogP contribution in [0, 0.1) is 0 Å². The Morgan fingerprint density at radius 2 is 2.50 bits per heavy atom. The van der Waals surface area contributed by atoms with E-state index in [-0.39, 0.29) is 0 Å². The standard InChI is InChI=1S/C6H8N2S2/c1-9-10-5-6-3-2-4-7-8-6/h2-4H,5H2,1H3. The van der Waals surface area contributed by atoms with Crippen LogP contribution in [0.25, 0.3) is 0 Å². The lowest BCUT2D eigenvalue weighted by Crippen LogP contribution is -1.86. The van der Waals surface area contributed by atoms with Crippen molar-refractivity contribution in [1.82, 2.24) is 10.2 Å². The van der Waals surface area contributed by atoms with Gasteiger partial charge in [0.05, 0.1) is 5.69 Å². The molecule has 0 unspecified atom stereocenters. The Hall–Kier alpha value is -0.220. The molecule has 0 saturated carbocycles. The zero-order valence-electron chi connectivity index (χ0n) is 5.65. The second kappa shape index (κ2) is 4.57. The van der Waals surface area contributed by atoms with Crippen LogP contribution in [-0.2, 0) is 5.75 Å². The number of aromatic nitrogens is 2. The normalized spacial score (nSPS) is 9.70. The number of rotatable bonds is 3. The molecule has 0 saturated heterocycles. The van der Waals surface area contributed by atoms with Crippen LogP contribution in [0.3, 0.4) is 0 Å². The average Bonchev–Trinajstić information content (AvgIpc) is 2.03. The van der Waals surface area contributed by atoms with Crippen LogP contribution in [0.2, 0.25) is 0 Å². The summed E-state index contributed by atoms with van der Waals surface area (Å²) < 4.78 is 0. The molecule has 0 atom stereocenters. The molecule has 1 heterocycles. The Morgan fingerprint density at radius 1 is 1.60 bits per heavy atom. The molecule has 1 rings (SSSR count). The molecule has 0 spiro atoms. The molecule has 2 nitrogen and oxygen atoms in total. The molecule has 0 N–H and O–H groups in total. The third-order valence-electron chi connectivity index (χ3n) is 0.952. The van der Waals surface area contributed by atoms with E-state index in [9.17, 15) is 0 Å². The summed E-state index contributed by atoms with van der Waals surface area (Å²) in [7, 11) is 3.52. The van der Waals surface area contributed by atoms with Crippen LogP contribution in [-0.4, -0.2) is 16.5 Å². The first-order valence-corrected chi connectivity index (χ1v) is 5.58. The fraction of sp³-hybridized carbons (Fsp3) is 0.333. The molecule has 4 heteroatoms. The van der Waals surface area contributed by atoms with E-state index in [0.29, 0.717) is 0 Å². The van der Waals surface area contributed by atoms with Crippen molar-refractivity contribution >= 4 is 21.6 Å². The van der Waals surface area contributed by atoms with E-state index in [1.807, 2.05) is 12.1 Å². The van der Waals surface area contributed by atoms with Crippen molar-refractivity contribution in [2.45, 2.75) is 5.75 Å². The summed E-state index contributed by atoms with van der Waals surface area (Å²) >= 11 is 0. The molecule has 1 aromatic rings. The predicted octanol–water partition coefficient (Wildman–Crippen LogP) is 1.99. The zero-order valence-corrected chi connectivity index (χ0v) is 7.28. The third kappa shape index (κ3) is 2.58. The van der Waals surface area contributed by atoms with E-state index in [2.05, 4.69) is 16.5 Å². The minimum absolute atomic E-state index is 0.939. The Bertz CT molecular complexity index is 178. The minimum atomic E-state index is 0.939. The number of nitrogens with zero attached hydrogens (tertiary/aromatic N) is 2. The van der Waals surface area contributed by atoms with Crippen LogP contribution in [0.5, 0.6) is 0 Å². The average molecular weight is 172 g/mol. The van der Waals surface area contributed by atoms with Crippen LogP contribution in [0.1, 0.15) is 5.69 Å². The zero-order chi connectivity index (χ0) is 7.23. The fourth-order valence-electron chi connectivity index (χ4n) is 0.530. The van der Waals surface area contributed by atoms with Gasteiger partial charge in [0, 0.05) is 11.9 Å². The third-order valence-corrected chi connectivity index (χ3v) is 2.66. The summed E-state index contributed by atoms with van der Waals surface area (Å²) in [6, 6.07) is 3.89. The lowest BCUT2D eigenvalue weighted by atomic mass is 10.4. The Kier molecular flexibility index (Phi) is 3.60. The Morgan fingerprint density at radius 3 is 3.10 bits per heavy atom. The smallest absolute Gasteiger partial charge is 0.0738 e. The summed E-state index contributed by atoms with van der Waals surface area (Å²) in [6.07, 6.45) is 3.74. The highest BCUT2D eigenvalue weighted by atomic mass is 33.1. The van der Waals surface area contributed by atoms with Gasteiger partial charge in [-0.05, 0) is 18.4 Å². The summed E-state index contributed by atoms with van der Waals surface area (Å²) in [5.74, 6) is 0.939. The molecule has 0 fully saturated rings. The van der Waals surface area contributed by atoms with Crippen molar-refractivity contribution in [2.24, 2.45) is 0 Å². The largest absolute Gasteiger partial charge is 0.159 e. The lowest BCUT2D eigenvalue weighted by molar-refractivity contribution is 0.972. The highest BCUT2D eigenvalue weighted by molar-refractivity contribution is 8.76. The molecule has 1 aromatic heterocycles. The van der Waals surface area contributed by atoms with Crippen molar-refractivity contribution in [3.8, 4) is 0 Å². The highest BCUT2D eigenvalue weighted by Gasteiger charge is 1.91. The van der Waals surface area contributed by atoms with E-state index in [0.717, 1.165) is 11.4 Å². The van der Waals surface area contributed by atoms with Gasteiger partial charge >= 0.3 is 0 Å². The fourth-order valence-corrected chi connectivity index (χ4v) is 1.64. The van der Waals surface area contributed by atoms with Crippen molar-refractivity contribution in [3.63, 3.8) is 0 Å². The van der Waals surface area contributed by atoms with Crippen molar-refractivity contribution < 1.29 is 0 Å². The van der Waals surface area contributed by atoms with Gasteiger partial charge in [-0.25, -0.2) is 0 Å². The predicted molar refractivity (Wildman–Crippen MR) is 46.8 cm³/mol. The summed E-state index contributed by atoms with van der Waals surface area (Å²) in [5, 5.41) is 7.70. The quantitative estimate of drug-likeness (QED) is 0.651. The van der Waals surface area contributed by atoms with Crippen molar-refractivity contribution in [2.75, 3.05) is 6.26 Å². The topological polar surface area (TPSA) is 25.8 Å². The van der Waals surface area contributed by atoms with E-state index in [1.54, 1.807) is 27.8 Å². The van der Waals surface area contributed by atoms with Gasteiger partial charge in [0.15, 0.2) is 0 Å². The van der Waals surface area contributed by atoms with Gasteiger partial charge in [0.2, 0.25) is 0 Å². The highest BCUT2D eigenvalue weighted by Crippen LogP contribution is 2.20. The molecule has 0 aromatic carbocycles. The minimum Gasteiger partial charge on any atom is -0.159 e. The maximum atomic E-state index is 3.93. The van der Waals surface area contributed by atoms with Crippen LogP contribution < -0.4 is 0 Å². The SMILES string of the molecule is CSSCc1cccnn1. The number of hydrogen-bond donors (Lipinski definition) is 0. The van der Waals surface area contributed by atoms with E-state index in [1.165, 1.54) is 0 Å². The van der Waals surface area contributed by atoms with Gasteiger partial charge in [-0.2, -0.15) is 10.2 Å². The molecule has 10 heavy (non-hydrogen) atoms. The molecule has 0 amide bonds. The summed E-state index contributed by atoms with van der Waals surface area (Å²) in [4.78, 5) is 0. The molecule has 0 aliphatic carbocycles. The van der Waals surface area contributed by atoms with Gasteiger partial charge in [-0.3, -0.25) is 0 Å². The van der Waals surface area contributed by atoms with Crippen LogP contribution in [0.4, 0.5) is 0 Å². The summed E-state index contributed by atoms with van der Waals surface area (Å²) in [6.45, 7) is 0. The second-order valence-corrected chi connectivity index (χ2v) is 4.21. The molecule has 0 bridgehead atoms. The molecule has 0 aliphatic heterocycles. The Labute approximate surface area is 68.2 Å². The van der Waals surface area contributed by atoms with E-state index >= 15 is 0 Å². The van der Waals surface area contributed by atoms with Crippen molar-refractivity contribution in [1.29, 1.82) is 0 Å². The van der Waals surface area contributed by atoms with E-state index in [4.69, 9.17) is 0 Å². The molecular weight excluding hydrogens is 164 g/mol. The maximum Gasteiger partial charge on any atom is 0.0738 e. The monoisotopic (exact) mass is 172 g/mol. The van der Waals surface area contributed by atoms with Crippen LogP contribution in [0.15, 0.2) is 18.3 Å². The van der Waals surface area contributed by atoms with Gasteiger partial charge in [0.25, 0.3) is 0 Å². The first-order chi connectivity index (χ1) is 4.93. The maximum absolute atomic E-state index is 3.93. The molecule has 54 valence electrons. The molecule has 0 radical (unpaired) electrons. The Balaban J connectivity index is 2.43. The molecule has 0 aliphatic rings. The van der Waals surface area contributed by atoms with Gasteiger partial charge in [0.1, 0.15) is 0 Å². The molecular formula is C6H8N2S2.